The number of carboxylic acids is 1. The highest BCUT2D eigenvalue weighted by molar-refractivity contribution is 7.88. The van der Waals surface area contributed by atoms with Gasteiger partial charge in [-0.05, 0) is 12.8 Å². The minimum absolute atomic E-state index is 0.0125. The molecule has 106 valence electrons. The number of carbonyl (C=O) groups is 2. The summed E-state index contributed by atoms with van der Waals surface area (Å²) in [6, 6.07) is -0.389. The lowest BCUT2D eigenvalue weighted by atomic mass is 10.3. The minimum atomic E-state index is -3.18. The molecule has 9 heteroatoms. The Morgan fingerprint density at radius 3 is 2.11 bits per heavy atom. The van der Waals surface area contributed by atoms with Gasteiger partial charge >= 0.3 is 12.0 Å². The van der Waals surface area contributed by atoms with Crippen molar-refractivity contribution in [2.75, 3.05) is 25.9 Å². The van der Waals surface area contributed by atoms with E-state index >= 15 is 0 Å². The lowest BCUT2D eigenvalue weighted by molar-refractivity contribution is -0.137. The van der Waals surface area contributed by atoms with Gasteiger partial charge in [-0.15, -0.1) is 0 Å². The quantitative estimate of drug-likeness (QED) is 0.407. The van der Waals surface area contributed by atoms with Crippen LogP contribution in [0, 0.1) is 0 Å². The molecule has 0 saturated heterocycles. The largest absolute Gasteiger partial charge is 0.481 e. The topological polar surface area (TPSA) is 125 Å². The lowest BCUT2D eigenvalue weighted by Crippen LogP contribution is -2.37. The molecule has 0 unspecified atom stereocenters. The Balaban J connectivity index is 3.40. The molecular weight excluding hydrogens is 262 g/mol. The first-order valence-electron chi connectivity index (χ1n) is 5.49. The van der Waals surface area contributed by atoms with E-state index in [4.69, 9.17) is 5.11 Å². The van der Waals surface area contributed by atoms with E-state index in [1.165, 1.54) is 0 Å². The zero-order valence-corrected chi connectivity index (χ0v) is 11.0. The molecule has 0 aliphatic carbocycles. The number of aliphatic carboxylic acids is 1. The van der Waals surface area contributed by atoms with Crippen LogP contribution in [0.2, 0.25) is 0 Å². The van der Waals surface area contributed by atoms with Crippen molar-refractivity contribution in [1.82, 2.24) is 15.4 Å². The van der Waals surface area contributed by atoms with Crippen LogP contribution < -0.4 is 15.4 Å². The summed E-state index contributed by atoms with van der Waals surface area (Å²) in [5.74, 6) is -0.899. The Kier molecular flexibility index (Phi) is 8.05. The van der Waals surface area contributed by atoms with E-state index in [2.05, 4.69) is 15.4 Å². The Morgan fingerprint density at radius 2 is 1.61 bits per heavy atom. The van der Waals surface area contributed by atoms with E-state index in [-0.39, 0.29) is 19.0 Å². The van der Waals surface area contributed by atoms with Gasteiger partial charge in [0.15, 0.2) is 0 Å². The molecule has 0 heterocycles. The highest BCUT2D eigenvalue weighted by Crippen LogP contribution is 1.85. The van der Waals surface area contributed by atoms with Crippen molar-refractivity contribution in [2.24, 2.45) is 0 Å². The highest BCUT2D eigenvalue weighted by atomic mass is 32.2. The Morgan fingerprint density at radius 1 is 1.06 bits per heavy atom. The van der Waals surface area contributed by atoms with Crippen LogP contribution in [0.1, 0.15) is 19.3 Å². The molecule has 2 amide bonds. The molecule has 0 aliphatic heterocycles. The number of hydrogen-bond donors (Lipinski definition) is 4. The van der Waals surface area contributed by atoms with Crippen LogP contribution in [0.3, 0.4) is 0 Å². The number of nitrogens with one attached hydrogen (secondary N) is 3. The van der Waals surface area contributed by atoms with Crippen molar-refractivity contribution in [3.63, 3.8) is 0 Å². The SMILES string of the molecule is CS(=O)(=O)NCCCNC(=O)NCCCC(=O)O. The molecule has 18 heavy (non-hydrogen) atoms. The second-order valence-corrected chi connectivity index (χ2v) is 5.53. The summed E-state index contributed by atoms with van der Waals surface area (Å²) in [5.41, 5.74) is 0. The first-order chi connectivity index (χ1) is 8.31. The van der Waals surface area contributed by atoms with Crippen molar-refractivity contribution in [2.45, 2.75) is 19.3 Å². The number of carbonyl (C=O) groups excluding carboxylic acids is 1. The lowest BCUT2D eigenvalue weighted by Gasteiger charge is -2.07. The maximum Gasteiger partial charge on any atom is 0.314 e. The highest BCUT2D eigenvalue weighted by Gasteiger charge is 2.02. The van der Waals surface area contributed by atoms with Crippen LogP contribution >= 0.6 is 0 Å². The monoisotopic (exact) mass is 281 g/mol. The number of sulfonamides is 1. The summed E-state index contributed by atoms with van der Waals surface area (Å²) >= 11 is 0. The summed E-state index contributed by atoms with van der Waals surface area (Å²) in [7, 11) is -3.18. The third kappa shape index (κ3) is 12.7. The van der Waals surface area contributed by atoms with Crippen molar-refractivity contribution in [3.05, 3.63) is 0 Å². The van der Waals surface area contributed by atoms with E-state index in [0.717, 1.165) is 6.26 Å². The van der Waals surface area contributed by atoms with Gasteiger partial charge in [0, 0.05) is 26.1 Å². The summed E-state index contributed by atoms with van der Waals surface area (Å²) in [4.78, 5) is 21.3. The molecule has 8 nitrogen and oxygen atoms in total. The van der Waals surface area contributed by atoms with E-state index in [9.17, 15) is 18.0 Å². The van der Waals surface area contributed by atoms with Crippen molar-refractivity contribution < 1.29 is 23.1 Å². The molecule has 0 aromatic rings. The van der Waals surface area contributed by atoms with E-state index in [1.807, 2.05) is 0 Å². The minimum Gasteiger partial charge on any atom is -0.481 e. The molecule has 4 N–H and O–H groups in total. The maximum atomic E-state index is 11.1. The smallest absolute Gasteiger partial charge is 0.314 e. The van der Waals surface area contributed by atoms with Crippen LogP contribution in [0.4, 0.5) is 4.79 Å². The molecule has 0 fully saturated rings. The van der Waals surface area contributed by atoms with Gasteiger partial charge in [0.05, 0.1) is 6.26 Å². The number of urea groups is 1. The first-order valence-corrected chi connectivity index (χ1v) is 7.38. The van der Waals surface area contributed by atoms with Gasteiger partial charge in [-0.3, -0.25) is 4.79 Å². The van der Waals surface area contributed by atoms with Crippen LogP contribution in [0.25, 0.3) is 0 Å². The summed E-state index contributed by atoms with van der Waals surface area (Å²) in [6.07, 6.45) is 1.93. The molecule has 0 aliphatic rings. The number of amides is 2. The van der Waals surface area contributed by atoms with E-state index in [0.29, 0.717) is 25.9 Å². The Bertz CT molecular complexity index is 368. The average molecular weight is 281 g/mol. The first kappa shape index (κ1) is 16.6. The van der Waals surface area contributed by atoms with Crippen molar-refractivity contribution in [1.29, 1.82) is 0 Å². The van der Waals surface area contributed by atoms with E-state index in [1.54, 1.807) is 0 Å². The molecule has 0 spiro atoms. The summed E-state index contributed by atoms with van der Waals surface area (Å²) < 4.78 is 23.7. The summed E-state index contributed by atoms with van der Waals surface area (Å²) in [6.45, 7) is 0.894. The van der Waals surface area contributed by atoms with Crippen LogP contribution in [-0.2, 0) is 14.8 Å². The van der Waals surface area contributed by atoms with Crippen LogP contribution in [0.5, 0.6) is 0 Å². The fourth-order valence-electron chi connectivity index (χ4n) is 1.05. The van der Waals surface area contributed by atoms with Crippen LogP contribution in [-0.4, -0.2) is 51.4 Å². The second kappa shape index (κ2) is 8.70. The van der Waals surface area contributed by atoms with Gasteiger partial charge in [-0.1, -0.05) is 0 Å². The molecule has 0 bridgehead atoms. The number of rotatable bonds is 9. The fraction of sp³-hybridized carbons (Fsp3) is 0.778. The third-order valence-electron chi connectivity index (χ3n) is 1.86. The van der Waals surface area contributed by atoms with Crippen molar-refractivity contribution in [3.8, 4) is 0 Å². The maximum absolute atomic E-state index is 11.1. The molecule has 0 atom stereocenters. The van der Waals surface area contributed by atoms with Gasteiger partial charge in [0.1, 0.15) is 0 Å². The average Bonchev–Trinajstić information content (AvgIpc) is 2.22. The van der Waals surface area contributed by atoms with Gasteiger partial charge in [-0.25, -0.2) is 17.9 Å². The molecule has 0 saturated carbocycles. The Labute approximate surface area is 106 Å². The Hall–Kier alpha value is -1.35. The molecule has 0 rings (SSSR count). The van der Waals surface area contributed by atoms with Gasteiger partial charge < -0.3 is 15.7 Å². The second-order valence-electron chi connectivity index (χ2n) is 3.70. The fourth-order valence-corrected chi connectivity index (χ4v) is 1.57. The van der Waals surface area contributed by atoms with Crippen molar-refractivity contribution >= 4 is 22.0 Å². The number of carboxylic acid groups (broad SMARTS) is 1. The van der Waals surface area contributed by atoms with Gasteiger partial charge in [-0.2, -0.15) is 0 Å². The molecule has 0 radical (unpaired) electrons. The van der Waals surface area contributed by atoms with E-state index < -0.39 is 16.0 Å². The van der Waals surface area contributed by atoms with Crippen LogP contribution in [0.15, 0.2) is 0 Å². The zero-order valence-electron chi connectivity index (χ0n) is 10.2. The van der Waals surface area contributed by atoms with Gasteiger partial charge in [0.25, 0.3) is 0 Å². The molecule has 0 aromatic carbocycles. The standard InChI is InChI=1S/C9H19N3O5S/c1-18(16,17)12-7-3-6-11-9(15)10-5-2-4-8(13)14/h12H,2-7H2,1H3,(H,13,14)(H2,10,11,15). The third-order valence-corrected chi connectivity index (χ3v) is 2.58. The zero-order chi connectivity index (χ0) is 14.0. The predicted molar refractivity (Wildman–Crippen MR) is 65.7 cm³/mol. The summed E-state index contributed by atoms with van der Waals surface area (Å²) in [5, 5.41) is 13.4. The predicted octanol–water partition coefficient (Wildman–Crippen LogP) is -0.910. The normalized spacial score (nSPS) is 10.9. The van der Waals surface area contributed by atoms with Gasteiger partial charge in [0.2, 0.25) is 10.0 Å². The molecular formula is C9H19N3O5S. The molecule has 0 aromatic heterocycles. The number of hydrogen-bond acceptors (Lipinski definition) is 4.